The Morgan fingerprint density at radius 1 is 0.974 bits per heavy atom. The Morgan fingerprint density at radius 3 is 2.49 bits per heavy atom. The Morgan fingerprint density at radius 2 is 1.74 bits per heavy atom. The van der Waals surface area contributed by atoms with Crippen LogP contribution in [0.5, 0.6) is 0 Å². The van der Waals surface area contributed by atoms with Crippen molar-refractivity contribution >= 4 is 28.3 Å². The van der Waals surface area contributed by atoms with Gasteiger partial charge in [-0.3, -0.25) is 4.79 Å². The van der Waals surface area contributed by atoms with Crippen LogP contribution in [0.15, 0.2) is 66.9 Å². The van der Waals surface area contributed by atoms with Crippen LogP contribution in [0.25, 0.3) is 22.0 Å². The number of carbonyl (C=O) groups excluding carboxylic acids is 2. The van der Waals surface area contributed by atoms with Gasteiger partial charge in [-0.1, -0.05) is 30.3 Å². The van der Waals surface area contributed by atoms with Crippen molar-refractivity contribution in [2.24, 2.45) is 0 Å². The zero-order chi connectivity index (χ0) is 27.1. The number of anilines is 1. The maximum absolute atomic E-state index is 13.8. The number of H-pyrrole nitrogens is 1. The number of esters is 1. The van der Waals surface area contributed by atoms with Gasteiger partial charge >= 0.3 is 5.97 Å². The molecule has 2 fully saturated rings. The highest BCUT2D eigenvalue weighted by Crippen LogP contribution is 2.49. The first-order valence-electron chi connectivity index (χ1n) is 13.5. The second kappa shape index (κ2) is 9.89. The predicted molar refractivity (Wildman–Crippen MR) is 154 cm³/mol. The third-order valence-electron chi connectivity index (χ3n) is 8.23. The minimum atomic E-state index is -0.430. The Hall–Kier alpha value is -4.10. The summed E-state index contributed by atoms with van der Waals surface area (Å²) in [7, 11) is 3.53. The van der Waals surface area contributed by atoms with Crippen LogP contribution in [0.1, 0.15) is 44.7 Å². The number of amides is 1. The molecule has 2 N–H and O–H groups in total. The smallest absolute Gasteiger partial charge is 0.339 e. The summed E-state index contributed by atoms with van der Waals surface area (Å²) >= 11 is 0. The van der Waals surface area contributed by atoms with Gasteiger partial charge in [0.05, 0.1) is 18.2 Å². The van der Waals surface area contributed by atoms with Gasteiger partial charge in [-0.15, -0.1) is 0 Å². The monoisotopic (exact) mass is 522 g/mol. The summed E-state index contributed by atoms with van der Waals surface area (Å²) in [5.41, 5.74) is 5.75. The van der Waals surface area contributed by atoms with Crippen LogP contribution in [0.2, 0.25) is 0 Å². The molecule has 1 aliphatic heterocycles. The average Bonchev–Trinajstić information content (AvgIpc) is 3.56. The predicted octanol–water partition coefficient (Wildman–Crippen LogP) is 5.10. The van der Waals surface area contributed by atoms with Gasteiger partial charge in [0.2, 0.25) is 0 Å². The van der Waals surface area contributed by atoms with Crippen LogP contribution >= 0.6 is 0 Å². The highest BCUT2D eigenvalue weighted by atomic mass is 16.5. The number of nitrogens with zero attached hydrogens (tertiary/aromatic N) is 2. The molecule has 7 nitrogen and oxygen atoms in total. The molecule has 0 bridgehead atoms. The number of fused-ring (bicyclic) bond motifs is 1. The topological polar surface area (TPSA) is 77.7 Å². The average molecular weight is 523 g/mol. The number of aromatic amines is 1. The maximum atomic E-state index is 13.8. The summed E-state index contributed by atoms with van der Waals surface area (Å²) < 4.78 is 4.88. The highest BCUT2D eigenvalue weighted by Gasteiger charge is 2.47. The highest BCUT2D eigenvalue weighted by molar-refractivity contribution is 5.99. The van der Waals surface area contributed by atoms with Crippen molar-refractivity contribution in [3.8, 4) is 11.3 Å². The fraction of sp³-hybridized carbons (Fsp3) is 0.312. The molecular weight excluding hydrogens is 488 g/mol. The third-order valence-corrected chi connectivity index (χ3v) is 8.23. The van der Waals surface area contributed by atoms with Crippen LogP contribution in [-0.4, -0.2) is 62.1 Å². The molecular formula is C32H34N4O3. The molecule has 1 saturated carbocycles. The molecule has 200 valence electrons. The molecule has 3 aromatic carbocycles. The van der Waals surface area contributed by atoms with Crippen LogP contribution in [0.4, 0.5) is 5.69 Å². The summed E-state index contributed by atoms with van der Waals surface area (Å²) in [6.07, 6.45) is 3.42. The van der Waals surface area contributed by atoms with Crippen molar-refractivity contribution in [2.75, 3.05) is 45.2 Å². The van der Waals surface area contributed by atoms with Crippen molar-refractivity contribution < 1.29 is 14.3 Å². The first kappa shape index (κ1) is 25.2. The minimum absolute atomic E-state index is 0.0386. The fourth-order valence-electron chi connectivity index (χ4n) is 5.65. The summed E-state index contributed by atoms with van der Waals surface area (Å²) in [6.45, 7) is 5.95. The SMILES string of the molecule is COC(=O)c1c[nH]c(-c2cc(C3(NC(=O)c4cc(N5CCN(C)CC5)ccc4C)CC3)c3ccccc3c2)c1. The molecule has 1 aliphatic carbocycles. The van der Waals surface area contributed by atoms with Gasteiger partial charge in [0, 0.05) is 49.3 Å². The quantitative estimate of drug-likeness (QED) is 0.345. The van der Waals surface area contributed by atoms with Crippen molar-refractivity contribution in [2.45, 2.75) is 25.3 Å². The number of hydrogen-bond acceptors (Lipinski definition) is 5. The van der Waals surface area contributed by atoms with Crippen molar-refractivity contribution in [3.05, 3.63) is 89.1 Å². The number of benzene rings is 3. The molecule has 0 spiro atoms. The lowest BCUT2D eigenvalue weighted by atomic mass is 9.92. The number of nitrogens with one attached hydrogen (secondary N) is 2. The molecule has 1 amide bonds. The van der Waals surface area contributed by atoms with E-state index in [1.165, 1.54) is 7.11 Å². The second-order valence-corrected chi connectivity index (χ2v) is 10.9. The van der Waals surface area contributed by atoms with E-state index in [2.05, 4.69) is 63.5 Å². The maximum Gasteiger partial charge on any atom is 0.339 e. The Bertz CT molecular complexity index is 1560. The first-order valence-corrected chi connectivity index (χ1v) is 13.5. The van der Waals surface area contributed by atoms with Crippen molar-refractivity contribution in [1.82, 2.24) is 15.2 Å². The van der Waals surface area contributed by atoms with Gasteiger partial charge in [0.25, 0.3) is 5.91 Å². The van der Waals surface area contributed by atoms with E-state index in [0.717, 1.165) is 83.4 Å². The third kappa shape index (κ3) is 4.79. The number of methoxy groups -OCH3 is 1. The molecule has 1 saturated heterocycles. The fourth-order valence-corrected chi connectivity index (χ4v) is 5.65. The van der Waals surface area contributed by atoms with Crippen LogP contribution < -0.4 is 10.2 Å². The number of likely N-dealkylation sites (N-methyl/N-ethyl adjacent to an activating group) is 1. The van der Waals surface area contributed by atoms with Gasteiger partial charge in [-0.2, -0.15) is 0 Å². The molecule has 6 rings (SSSR count). The summed E-state index contributed by atoms with van der Waals surface area (Å²) in [6, 6.07) is 20.6. The molecule has 0 radical (unpaired) electrons. The number of carbonyl (C=O) groups is 2. The van der Waals surface area contributed by atoms with Gasteiger partial charge < -0.3 is 24.8 Å². The van der Waals surface area contributed by atoms with E-state index in [-0.39, 0.29) is 11.9 Å². The zero-order valence-corrected chi connectivity index (χ0v) is 22.7. The summed E-state index contributed by atoms with van der Waals surface area (Å²) in [5, 5.41) is 5.65. The van der Waals surface area contributed by atoms with E-state index in [9.17, 15) is 9.59 Å². The second-order valence-electron chi connectivity index (χ2n) is 10.9. The Kier molecular flexibility index (Phi) is 6.39. The normalized spacial score (nSPS) is 16.7. The van der Waals surface area contributed by atoms with Gasteiger partial charge in [-0.25, -0.2) is 4.79 Å². The summed E-state index contributed by atoms with van der Waals surface area (Å²) in [5.74, 6) is -0.415. The molecule has 0 unspecified atom stereocenters. The number of ether oxygens (including phenoxy) is 1. The molecule has 2 heterocycles. The number of rotatable bonds is 6. The molecule has 39 heavy (non-hydrogen) atoms. The van der Waals surface area contributed by atoms with Gasteiger partial charge in [0.15, 0.2) is 0 Å². The van der Waals surface area contributed by atoms with Crippen LogP contribution in [0.3, 0.4) is 0 Å². The van der Waals surface area contributed by atoms with Gasteiger partial charge in [-0.05, 0) is 84.6 Å². The Labute approximate surface area is 228 Å². The van der Waals surface area contributed by atoms with E-state index in [0.29, 0.717) is 5.56 Å². The lowest BCUT2D eigenvalue weighted by Crippen LogP contribution is -2.44. The van der Waals surface area contributed by atoms with E-state index >= 15 is 0 Å². The first-order chi connectivity index (χ1) is 18.9. The van der Waals surface area contributed by atoms with E-state index in [4.69, 9.17) is 4.74 Å². The summed E-state index contributed by atoms with van der Waals surface area (Å²) in [4.78, 5) is 33.7. The van der Waals surface area contributed by atoms with Crippen molar-refractivity contribution in [1.29, 1.82) is 0 Å². The molecule has 4 aromatic rings. The minimum Gasteiger partial charge on any atom is -0.465 e. The van der Waals surface area contributed by atoms with Gasteiger partial charge in [0.1, 0.15) is 0 Å². The largest absolute Gasteiger partial charge is 0.465 e. The van der Waals surface area contributed by atoms with E-state index in [1.54, 1.807) is 6.20 Å². The zero-order valence-electron chi connectivity index (χ0n) is 22.7. The number of aromatic nitrogens is 1. The number of hydrogen-bond donors (Lipinski definition) is 2. The van der Waals surface area contributed by atoms with Crippen molar-refractivity contribution in [3.63, 3.8) is 0 Å². The lowest BCUT2D eigenvalue weighted by Gasteiger charge is -2.34. The Balaban J connectivity index is 1.33. The number of piperazine rings is 1. The van der Waals surface area contributed by atoms with Crippen LogP contribution in [-0.2, 0) is 10.3 Å². The molecule has 2 aliphatic rings. The standard InChI is InChI=1S/C32H34N4O3/c1-21-8-9-25(36-14-12-35(2)13-15-36)19-27(21)30(37)34-32(10-11-32)28-17-23(16-22-6-4-5-7-26(22)28)29-18-24(20-33-29)31(38)39-3/h4-9,16-20,33H,10-15H2,1-3H3,(H,34,37). The van der Waals surface area contributed by atoms with Crippen LogP contribution in [0, 0.1) is 6.92 Å². The number of aryl methyl sites for hydroxylation is 1. The van der Waals surface area contributed by atoms with E-state index < -0.39 is 5.54 Å². The molecule has 7 heteroatoms. The lowest BCUT2D eigenvalue weighted by molar-refractivity contribution is 0.0600. The molecule has 0 atom stereocenters. The van der Waals surface area contributed by atoms with E-state index in [1.807, 2.05) is 31.2 Å². The molecule has 1 aromatic heterocycles.